The van der Waals surface area contributed by atoms with Gasteiger partial charge in [0.25, 0.3) is 0 Å². The maximum Gasteiger partial charge on any atom is 0.236 e. The molecule has 3 nitrogen and oxygen atoms in total. The van der Waals surface area contributed by atoms with Crippen LogP contribution in [0.1, 0.15) is 19.4 Å². The van der Waals surface area contributed by atoms with E-state index < -0.39 is 0 Å². The molecule has 1 rings (SSSR count). The summed E-state index contributed by atoms with van der Waals surface area (Å²) in [6, 6.07) is 4.34. The molecule has 1 aromatic rings. The zero-order valence-corrected chi connectivity index (χ0v) is 11.4. The molecular formula is C13H18ClFN2O. The third kappa shape index (κ3) is 4.63. The number of nitrogens with one attached hydrogen (secondary N) is 1. The number of benzene rings is 1. The lowest BCUT2D eigenvalue weighted by Gasteiger charge is -2.18. The first kappa shape index (κ1) is 14.9. The zero-order valence-electron chi connectivity index (χ0n) is 10.7. The summed E-state index contributed by atoms with van der Waals surface area (Å²) in [5.74, 6) is -0.322. The number of carbonyl (C=O) groups excluding carboxylic acids is 1. The van der Waals surface area contributed by atoms with Gasteiger partial charge in [-0.05, 0) is 37.6 Å². The van der Waals surface area contributed by atoms with Gasteiger partial charge in [-0.25, -0.2) is 4.39 Å². The first-order chi connectivity index (χ1) is 8.56. The average Bonchev–Trinajstić information content (AvgIpc) is 2.29. The summed E-state index contributed by atoms with van der Waals surface area (Å²) in [4.78, 5) is 13.4. The maximum atomic E-state index is 13.1. The van der Waals surface area contributed by atoms with E-state index >= 15 is 0 Å². The molecule has 0 bridgehead atoms. The molecule has 100 valence electrons. The molecule has 0 aromatic heterocycles. The van der Waals surface area contributed by atoms with E-state index in [1.54, 1.807) is 11.0 Å². The fourth-order valence-electron chi connectivity index (χ4n) is 1.71. The van der Waals surface area contributed by atoms with Crippen molar-refractivity contribution in [3.63, 3.8) is 0 Å². The standard InChI is InChI=1S/C13H18ClFN2O/c1-3-17(4-2)13(18)9-16-8-10-5-11(14)7-12(15)6-10/h5-7,16H,3-4,8-9H2,1-2H3. The van der Waals surface area contributed by atoms with Crippen LogP contribution in [-0.2, 0) is 11.3 Å². The molecular weight excluding hydrogens is 255 g/mol. The molecule has 0 aliphatic carbocycles. The maximum absolute atomic E-state index is 13.1. The lowest BCUT2D eigenvalue weighted by Crippen LogP contribution is -2.37. The van der Waals surface area contributed by atoms with Crippen molar-refractivity contribution in [3.8, 4) is 0 Å². The molecule has 0 fully saturated rings. The molecule has 0 radical (unpaired) electrons. The van der Waals surface area contributed by atoms with Gasteiger partial charge in [0, 0.05) is 24.7 Å². The topological polar surface area (TPSA) is 32.3 Å². The highest BCUT2D eigenvalue weighted by atomic mass is 35.5. The van der Waals surface area contributed by atoms with Crippen molar-refractivity contribution in [2.45, 2.75) is 20.4 Å². The van der Waals surface area contributed by atoms with Gasteiger partial charge in [0.15, 0.2) is 0 Å². The number of halogens is 2. The molecule has 0 saturated heterocycles. The largest absolute Gasteiger partial charge is 0.342 e. The summed E-state index contributed by atoms with van der Waals surface area (Å²) in [5, 5.41) is 3.35. The third-order valence-electron chi connectivity index (χ3n) is 2.64. The Bertz CT molecular complexity index is 388. The molecule has 0 unspecified atom stereocenters. The van der Waals surface area contributed by atoms with Crippen LogP contribution in [0.5, 0.6) is 0 Å². The lowest BCUT2D eigenvalue weighted by molar-refractivity contribution is -0.129. The molecule has 1 amide bonds. The number of nitrogens with zero attached hydrogens (tertiary/aromatic N) is 1. The molecule has 0 aliphatic heterocycles. The Morgan fingerprint density at radius 2 is 2.00 bits per heavy atom. The summed E-state index contributed by atoms with van der Waals surface area (Å²) >= 11 is 5.74. The minimum atomic E-state index is -0.366. The van der Waals surface area contributed by atoms with Crippen molar-refractivity contribution in [1.29, 1.82) is 0 Å². The summed E-state index contributed by atoms with van der Waals surface area (Å²) in [5.41, 5.74) is 0.729. The molecule has 1 aromatic carbocycles. The summed E-state index contributed by atoms with van der Waals surface area (Å²) in [7, 11) is 0. The van der Waals surface area contributed by atoms with Crippen LogP contribution in [0.4, 0.5) is 4.39 Å². The van der Waals surface area contributed by atoms with Crippen LogP contribution in [0, 0.1) is 5.82 Å². The molecule has 0 atom stereocenters. The van der Waals surface area contributed by atoms with Gasteiger partial charge in [-0.2, -0.15) is 0 Å². The SMILES string of the molecule is CCN(CC)C(=O)CNCc1cc(F)cc(Cl)c1. The Hall–Kier alpha value is -1.13. The van der Waals surface area contributed by atoms with Gasteiger partial charge < -0.3 is 10.2 Å². The van der Waals surface area contributed by atoms with Crippen molar-refractivity contribution in [2.24, 2.45) is 0 Å². The second-order valence-corrected chi connectivity index (χ2v) is 4.38. The van der Waals surface area contributed by atoms with E-state index in [4.69, 9.17) is 11.6 Å². The van der Waals surface area contributed by atoms with E-state index in [1.807, 2.05) is 13.8 Å². The van der Waals surface area contributed by atoms with E-state index in [2.05, 4.69) is 5.32 Å². The predicted molar refractivity (Wildman–Crippen MR) is 71.0 cm³/mol. The molecule has 1 N–H and O–H groups in total. The second-order valence-electron chi connectivity index (χ2n) is 3.95. The molecule has 0 heterocycles. The van der Waals surface area contributed by atoms with E-state index in [9.17, 15) is 9.18 Å². The fourth-order valence-corrected chi connectivity index (χ4v) is 1.96. The minimum Gasteiger partial charge on any atom is -0.342 e. The quantitative estimate of drug-likeness (QED) is 0.863. The molecule has 0 aliphatic rings. The van der Waals surface area contributed by atoms with Crippen LogP contribution in [0.3, 0.4) is 0 Å². The van der Waals surface area contributed by atoms with Gasteiger partial charge >= 0.3 is 0 Å². The van der Waals surface area contributed by atoms with Crippen molar-refractivity contribution in [3.05, 3.63) is 34.6 Å². The van der Waals surface area contributed by atoms with E-state index in [0.717, 1.165) is 5.56 Å². The summed E-state index contributed by atoms with van der Waals surface area (Å²) < 4.78 is 13.1. The minimum absolute atomic E-state index is 0.0440. The number of hydrogen-bond acceptors (Lipinski definition) is 2. The molecule has 5 heteroatoms. The van der Waals surface area contributed by atoms with Gasteiger partial charge in [-0.15, -0.1) is 0 Å². The average molecular weight is 273 g/mol. The van der Waals surface area contributed by atoms with Crippen LogP contribution in [0.25, 0.3) is 0 Å². The van der Waals surface area contributed by atoms with Gasteiger partial charge in [0.05, 0.1) is 6.54 Å². The number of amides is 1. The predicted octanol–water partition coefficient (Wildman–Crippen LogP) is 2.44. The van der Waals surface area contributed by atoms with Gasteiger partial charge in [0.1, 0.15) is 5.82 Å². The fraction of sp³-hybridized carbons (Fsp3) is 0.462. The monoisotopic (exact) mass is 272 g/mol. The van der Waals surface area contributed by atoms with Crippen molar-refractivity contribution in [1.82, 2.24) is 10.2 Å². The Labute approximate surface area is 112 Å². The Kier molecular flexibility index (Phi) is 6.09. The first-order valence-electron chi connectivity index (χ1n) is 6.00. The van der Waals surface area contributed by atoms with E-state index in [-0.39, 0.29) is 18.3 Å². The van der Waals surface area contributed by atoms with Gasteiger partial charge in [-0.3, -0.25) is 4.79 Å². The smallest absolute Gasteiger partial charge is 0.236 e. The van der Waals surface area contributed by atoms with Crippen LogP contribution >= 0.6 is 11.6 Å². The molecule has 0 saturated carbocycles. The number of carbonyl (C=O) groups is 1. The third-order valence-corrected chi connectivity index (χ3v) is 2.86. The van der Waals surface area contributed by atoms with E-state index in [1.165, 1.54) is 12.1 Å². The first-order valence-corrected chi connectivity index (χ1v) is 6.38. The zero-order chi connectivity index (χ0) is 13.5. The summed E-state index contributed by atoms with van der Waals surface area (Å²) in [6.45, 7) is 5.94. The Balaban J connectivity index is 2.44. The van der Waals surface area contributed by atoms with Gasteiger partial charge in [0.2, 0.25) is 5.91 Å². The Morgan fingerprint density at radius 1 is 1.33 bits per heavy atom. The highest BCUT2D eigenvalue weighted by Crippen LogP contribution is 2.13. The van der Waals surface area contributed by atoms with Crippen molar-refractivity contribution in [2.75, 3.05) is 19.6 Å². The van der Waals surface area contributed by atoms with Crippen LogP contribution in [0.15, 0.2) is 18.2 Å². The van der Waals surface area contributed by atoms with Crippen LogP contribution < -0.4 is 5.32 Å². The van der Waals surface area contributed by atoms with Crippen LogP contribution in [-0.4, -0.2) is 30.4 Å². The van der Waals surface area contributed by atoms with Crippen molar-refractivity contribution < 1.29 is 9.18 Å². The lowest BCUT2D eigenvalue weighted by atomic mass is 10.2. The number of rotatable bonds is 6. The van der Waals surface area contributed by atoms with Gasteiger partial charge in [-0.1, -0.05) is 11.6 Å². The highest BCUT2D eigenvalue weighted by molar-refractivity contribution is 6.30. The van der Waals surface area contributed by atoms with Crippen molar-refractivity contribution >= 4 is 17.5 Å². The number of hydrogen-bond donors (Lipinski definition) is 1. The number of likely N-dealkylation sites (N-methyl/N-ethyl adjacent to an activating group) is 1. The second kappa shape index (κ2) is 7.34. The van der Waals surface area contributed by atoms with Crippen LogP contribution in [0.2, 0.25) is 5.02 Å². The molecule has 18 heavy (non-hydrogen) atoms. The summed E-state index contributed by atoms with van der Waals surface area (Å²) in [6.07, 6.45) is 0. The highest BCUT2D eigenvalue weighted by Gasteiger charge is 2.08. The normalized spacial score (nSPS) is 10.4. The molecule has 0 spiro atoms. The van der Waals surface area contributed by atoms with E-state index in [0.29, 0.717) is 24.7 Å². The Morgan fingerprint density at radius 3 is 2.56 bits per heavy atom.